The molecule has 0 aliphatic rings. The summed E-state index contributed by atoms with van der Waals surface area (Å²) in [5, 5.41) is 3.95. The maximum Gasteiger partial charge on any atom is 0.179 e. The van der Waals surface area contributed by atoms with Crippen molar-refractivity contribution in [2.45, 2.75) is 13.5 Å². The average molecular weight is 246 g/mol. The second kappa shape index (κ2) is 3.81. The molecule has 0 unspecified atom stereocenters. The number of hydrogen-bond acceptors (Lipinski definition) is 4. The predicted molar refractivity (Wildman–Crippen MR) is 65.3 cm³/mol. The Bertz CT molecular complexity index is 724. The van der Waals surface area contributed by atoms with E-state index in [0.29, 0.717) is 11.3 Å². The molecule has 0 aliphatic heterocycles. The minimum absolute atomic E-state index is 0.563. The van der Waals surface area contributed by atoms with E-state index in [9.17, 15) is 0 Å². The molecule has 3 aromatic rings. The van der Waals surface area contributed by atoms with Gasteiger partial charge < -0.3 is 9.51 Å². The van der Waals surface area contributed by atoms with Crippen molar-refractivity contribution in [1.29, 1.82) is 0 Å². The molecular formula is C11H10N4OS. The van der Waals surface area contributed by atoms with Gasteiger partial charge in [-0.3, -0.25) is 4.57 Å². The van der Waals surface area contributed by atoms with Crippen LogP contribution in [0.1, 0.15) is 11.5 Å². The number of rotatable bonds is 2. The highest BCUT2D eigenvalue weighted by Gasteiger charge is 2.07. The number of nitrogens with one attached hydrogen (secondary N) is 1. The SMILES string of the molecule is Cc1cc(Cn2c(=S)[nH]c3cccnc32)no1. The van der Waals surface area contributed by atoms with Gasteiger partial charge in [-0.1, -0.05) is 5.16 Å². The van der Waals surface area contributed by atoms with Crippen molar-refractivity contribution in [2.75, 3.05) is 0 Å². The van der Waals surface area contributed by atoms with E-state index in [-0.39, 0.29) is 0 Å². The highest BCUT2D eigenvalue weighted by Crippen LogP contribution is 2.13. The zero-order chi connectivity index (χ0) is 11.8. The number of aryl methyl sites for hydroxylation is 1. The fraction of sp³-hybridized carbons (Fsp3) is 0.182. The fourth-order valence-corrected chi connectivity index (χ4v) is 2.05. The van der Waals surface area contributed by atoms with Gasteiger partial charge in [-0.05, 0) is 31.3 Å². The van der Waals surface area contributed by atoms with Crippen LogP contribution in [0.3, 0.4) is 0 Å². The first-order chi connectivity index (χ1) is 8.24. The average Bonchev–Trinajstić information content (AvgIpc) is 2.85. The Kier molecular flexibility index (Phi) is 2.29. The van der Waals surface area contributed by atoms with Crippen molar-refractivity contribution in [2.24, 2.45) is 0 Å². The van der Waals surface area contributed by atoms with Crippen LogP contribution in [0, 0.1) is 11.7 Å². The number of hydrogen-bond donors (Lipinski definition) is 1. The molecule has 0 fully saturated rings. The van der Waals surface area contributed by atoms with Crippen LogP contribution < -0.4 is 0 Å². The first kappa shape index (κ1) is 10.2. The van der Waals surface area contributed by atoms with Crippen molar-refractivity contribution >= 4 is 23.4 Å². The molecule has 6 heteroatoms. The largest absolute Gasteiger partial charge is 0.361 e. The fourth-order valence-electron chi connectivity index (χ4n) is 1.79. The highest BCUT2D eigenvalue weighted by molar-refractivity contribution is 7.71. The lowest BCUT2D eigenvalue weighted by atomic mass is 10.3. The van der Waals surface area contributed by atoms with Crippen LogP contribution in [0.15, 0.2) is 28.9 Å². The van der Waals surface area contributed by atoms with Crippen molar-refractivity contribution < 1.29 is 4.52 Å². The molecule has 86 valence electrons. The van der Waals surface area contributed by atoms with Gasteiger partial charge in [0.15, 0.2) is 10.4 Å². The van der Waals surface area contributed by atoms with Crippen LogP contribution in [0.4, 0.5) is 0 Å². The maximum absolute atomic E-state index is 5.27. The summed E-state index contributed by atoms with van der Waals surface area (Å²) in [4.78, 5) is 7.42. The summed E-state index contributed by atoms with van der Waals surface area (Å²) < 4.78 is 7.58. The van der Waals surface area contributed by atoms with Gasteiger partial charge in [0.2, 0.25) is 0 Å². The van der Waals surface area contributed by atoms with E-state index >= 15 is 0 Å². The van der Waals surface area contributed by atoms with Crippen LogP contribution in [-0.4, -0.2) is 19.7 Å². The van der Waals surface area contributed by atoms with Gasteiger partial charge in [0, 0.05) is 12.3 Å². The van der Waals surface area contributed by atoms with Crippen molar-refractivity contribution in [1.82, 2.24) is 19.7 Å². The molecule has 3 rings (SSSR count). The van der Waals surface area contributed by atoms with Crippen LogP contribution >= 0.6 is 12.2 Å². The monoisotopic (exact) mass is 246 g/mol. The molecule has 0 radical (unpaired) electrons. The lowest BCUT2D eigenvalue weighted by molar-refractivity contribution is 0.389. The van der Waals surface area contributed by atoms with Gasteiger partial charge in [0.05, 0.1) is 12.1 Å². The van der Waals surface area contributed by atoms with Crippen LogP contribution in [0.5, 0.6) is 0 Å². The van der Waals surface area contributed by atoms with Gasteiger partial charge in [-0.2, -0.15) is 0 Å². The molecule has 0 amide bonds. The summed E-state index contributed by atoms with van der Waals surface area (Å²) in [5.74, 6) is 0.791. The van der Waals surface area contributed by atoms with Crippen LogP contribution in [-0.2, 0) is 6.54 Å². The van der Waals surface area contributed by atoms with E-state index in [4.69, 9.17) is 16.7 Å². The Balaban J connectivity index is 2.11. The summed E-state index contributed by atoms with van der Waals surface area (Å²) in [6.07, 6.45) is 1.75. The minimum atomic E-state index is 0.563. The molecule has 0 bridgehead atoms. The lowest BCUT2D eigenvalue weighted by Crippen LogP contribution is -2.00. The molecule has 3 aromatic heterocycles. The summed E-state index contributed by atoms with van der Waals surface area (Å²) in [5.41, 5.74) is 2.60. The molecule has 0 spiro atoms. The zero-order valence-corrected chi connectivity index (χ0v) is 9.99. The normalized spacial score (nSPS) is 11.1. The number of fused-ring (bicyclic) bond motifs is 1. The third-order valence-electron chi connectivity index (χ3n) is 2.53. The first-order valence-corrected chi connectivity index (χ1v) is 5.60. The first-order valence-electron chi connectivity index (χ1n) is 5.20. The minimum Gasteiger partial charge on any atom is -0.361 e. The smallest absolute Gasteiger partial charge is 0.179 e. The summed E-state index contributed by atoms with van der Waals surface area (Å²) in [6, 6.07) is 5.71. The third-order valence-corrected chi connectivity index (χ3v) is 2.85. The molecule has 3 heterocycles. The molecule has 0 saturated heterocycles. The Morgan fingerprint density at radius 1 is 1.53 bits per heavy atom. The summed E-state index contributed by atoms with van der Waals surface area (Å²) >= 11 is 5.27. The Hall–Kier alpha value is -1.95. The number of H-pyrrole nitrogens is 1. The Morgan fingerprint density at radius 3 is 3.18 bits per heavy atom. The predicted octanol–water partition coefficient (Wildman–Crippen LogP) is 2.44. The molecule has 17 heavy (non-hydrogen) atoms. The lowest BCUT2D eigenvalue weighted by Gasteiger charge is -1.99. The van der Waals surface area contributed by atoms with Gasteiger partial charge in [-0.25, -0.2) is 4.98 Å². The standard InChI is InChI=1S/C11H10N4OS/c1-7-5-8(14-16-7)6-15-10-9(13-11(15)17)3-2-4-12-10/h2-5H,6H2,1H3,(H,13,17). The molecule has 0 aromatic carbocycles. The second-order valence-corrected chi connectivity index (χ2v) is 4.21. The molecule has 0 saturated carbocycles. The van der Waals surface area contributed by atoms with Gasteiger partial charge in [-0.15, -0.1) is 0 Å². The number of imidazole rings is 1. The van der Waals surface area contributed by atoms with E-state index < -0.39 is 0 Å². The summed E-state index contributed by atoms with van der Waals surface area (Å²) in [6.45, 7) is 2.43. The van der Waals surface area contributed by atoms with Gasteiger partial charge >= 0.3 is 0 Å². The number of aromatic amines is 1. The van der Waals surface area contributed by atoms with Gasteiger partial charge in [0.1, 0.15) is 11.5 Å². The molecule has 1 N–H and O–H groups in total. The number of aromatic nitrogens is 4. The second-order valence-electron chi connectivity index (χ2n) is 3.82. The summed E-state index contributed by atoms with van der Waals surface area (Å²) in [7, 11) is 0. The van der Waals surface area contributed by atoms with Crippen molar-refractivity contribution in [3.05, 3.63) is 40.6 Å². The Morgan fingerprint density at radius 2 is 2.41 bits per heavy atom. The highest BCUT2D eigenvalue weighted by atomic mass is 32.1. The van der Waals surface area contributed by atoms with Crippen LogP contribution in [0.25, 0.3) is 11.2 Å². The molecule has 0 atom stereocenters. The topological polar surface area (TPSA) is 59.6 Å². The maximum atomic E-state index is 5.27. The van der Waals surface area contributed by atoms with E-state index in [1.54, 1.807) is 6.20 Å². The third kappa shape index (κ3) is 1.76. The molecule has 0 aliphatic carbocycles. The number of nitrogens with zero attached hydrogens (tertiary/aromatic N) is 3. The van der Waals surface area contributed by atoms with Crippen molar-refractivity contribution in [3.63, 3.8) is 0 Å². The molecular weight excluding hydrogens is 236 g/mol. The van der Waals surface area contributed by atoms with Crippen molar-refractivity contribution in [3.8, 4) is 0 Å². The van der Waals surface area contributed by atoms with E-state index in [2.05, 4.69) is 15.1 Å². The van der Waals surface area contributed by atoms with Crippen LogP contribution in [0.2, 0.25) is 0 Å². The zero-order valence-electron chi connectivity index (χ0n) is 9.17. The Labute approximate surface area is 102 Å². The van der Waals surface area contributed by atoms with E-state index in [1.165, 1.54) is 0 Å². The van der Waals surface area contributed by atoms with Gasteiger partial charge in [0.25, 0.3) is 0 Å². The van der Waals surface area contributed by atoms with E-state index in [1.807, 2.05) is 29.7 Å². The molecule has 5 nitrogen and oxygen atoms in total. The number of pyridine rings is 1. The van der Waals surface area contributed by atoms with E-state index in [0.717, 1.165) is 22.6 Å². The quantitative estimate of drug-likeness (QED) is 0.705.